The van der Waals surface area contributed by atoms with E-state index in [2.05, 4.69) is 121 Å². The molecule has 0 bridgehead atoms. The molecule has 0 unspecified atom stereocenters. The lowest BCUT2D eigenvalue weighted by Crippen LogP contribution is -2.32. The van der Waals surface area contributed by atoms with Crippen LogP contribution in [0.2, 0.25) is 0 Å². The van der Waals surface area contributed by atoms with Crippen LogP contribution in [0.15, 0.2) is 174 Å². The summed E-state index contributed by atoms with van der Waals surface area (Å²) in [6.45, 7) is 0. The third-order valence-electron chi connectivity index (χ3n) is 10.6. The molecule has 11 rings (SSSR count). The molecule has 3 heterocycles. The summed E-state index contributed by atoms with van der Waals surface area (Å²) in [5.74, 6) is 2.40. The molecule has 1 aliphatic carbocycles. The van der Waals surface area contributed by atoms with Gasteiger partial charge in [0.1, 0.15) is 22.7 Å². The third-order valence-corrected chi connectivity index (χ3v) is 10.6. The average Bonchev–Trinajstić information content (AvgIpc) is 3.70. The molecule has 2 aliphatic rings. The van der Waals surface area contributed by atoms with Crippen LogP contribution in [-0.2, 0) is 5.41 Å². The molecule has 238 valence electrons. The summed E-state index contributed by atoms with van der Waals surface area (Å²) in [5.41, 5.74) is 12.9. The smallest absolute Gasteiger partial charge is 0.160 e. The Morgan fingerprint density at radius 3 is 1.75 bits per heavy atom. The van der Waals surface area contributed by atoms with Crippen LogP contribution in [-0.4, -0.2) is 9.97 Å². The van der Waals surface area contributed by atoms with Gasteiger partial charge < -0.3 is 9.15 Å². The van der Waals surface area contributed by atoms with Gasteiger partial charge in [0.15, 0.2) is 5.82 Å². The van der Waals surface area contributed by atoms with Crippen LogP contribution in [0.3, 0.4) is 0 Å². The van der Waals surface area contributed by atoms with Gasteiger partial charge in [0.2, 0.25) is 0 Å². The summed E-state index contributed by atoms with van der Waals surface area (Å²) in [4.78, 5) is 10.3. The van der Waals surface area contributed by atoms with Crippen LogP contribution < -0.4 is 4.74 Å². The molecule has 0 saturated heterocycles. The Morgan fingerprint density at radius 1 is 0.392 bits per heavy atom. The number of nitrogens with zero attached hydrogens (tertiary/aromatic N) is 2. The van der Waals surface area contributed by atoms with E-state index in [1.807, 2.05) is 48.5 Å². The second kappa shape index (κ2) is 10.6. The monoisotopic (exact) mass is 652 g/mol. The molecule has 1 spiro atoms. The second-order valence-corrected chi connectivity index (χ2v) is 13.3. The molecular formula is C47H28N2O2. The topological polar surface area (TPSA) is 48.2 Å². The van der Waals surface area contributed by atoms with Crippen molar-refractivity contribution in [1.82, 2.24) is 9.97 Å². The van der Waals surface area contributed by atoms with Crippen LogP contribution in [0.1, 0.15) is 22.3 Å². The molecule has 9 aromatic rings. The molecule has 51 heavy (non-hydrogen) atoms. The number of ether oxygens (including phenoxy) is 1. The maximum Gasteiger partial charge on any atom is 0.160 e. The highest BCUT2D eigenvalue weighted by atomic mass is 16.5. The van der Waals surface area contributed by atoms with Gasteiger partial charge in [-0.1, -0.05) is 127 Å². The molecular weight excluding hydrogens is 625 g/mol. The lowest BCUT2D eigenvalue weighted by Gasteiger charge is -2.39. The molecule has 0 amide bonds. The van der Waals surface area contributed by atoms with Crippen LogP contribution in [0.4, 0.5) is 0 Å². The zero-order chi connectivity index (χ0) is 33.5. The van der Waals surface area contributed by atoms with Gasteiger partial charge >= 0.3 is 0 Å². The van der Waals surface area contributed by atoms with Crippen LogP contribution in [0.25, 0.3) is 67.0 Å². The minimum Gasteiger partial charge on any atom is -0.457 e. The van der Waals surface area contributed by atoms with Crippen molar-refractivity contribution in [1.29, 1.82) is 0 Å². The fourth-order valence-electron chi connectivity index (χ4n) is 8.34. The number of furan rings is 1. The molecule has 0 fully saturated rings. The summed E-state index contributed by atoms with van der Waals surface area (Å²) in [7, 11) is 0. The van der Waals surface area contributed by atoms with E-state index in [-0.39, 0.29) is 0 Å². The largest absolute Gasteiger partial charge is 0.457 e. The predicted molar refractivity (Wildman–Crippen MR) is 203 cm³/mol. The number of hydrogen-bond acceptors (Lipinski definition) is 4. The van der Waals surface area contributed by atoms with Crippen LogP contribution >= 0.6 is 0 Å². The van der Waals surface area contributed by atoms with E-state index in [4.69, 9.17) is 19.1 Å². The van der Waals surface area contributed by atoms with Crippen molar-refractivity contribution in [3.63, 3.8) is 0 Å². The normalized spacial score (nSPS) is 13.4. The number of aromatic nitrogens is 2. The number of para-hydroxylation sites is 3. The summed E-state index contributed by atoms with van der Waals surface area (Å²) in [6, 6.07) is 59.3. The fourth-order valence-corrected chi connectivity index (χ4v) is 8.34. The zero-order valence-electron chi connectivity index (χ0n) is 27.4. The first kappa shape index (κ1) is 28.1. The maximum absolute atomic E-state index is 6.63. The Balaban J connectivity index is 1.23. The van der Waals surface area contributed by atoms with E-state index in [0.29, 0.717) is 5.82 Å². The zero-order valence-corrected chi connectivity index (χ0v) is 27.4. The second-order valence-electron chi connectivity index (χ2n) is 13.3. The summed E-state index contributed by atoms with van der Waals surface area (Å²) < 4.78 is 13.2. The number of fused-ring (bicyclic) bond motifs is 12. The lowest BCUT2D eigenvalue weighted by molar-refractivity contribution is 0.436. The highest BCUT2D eigenvalue weighted by molar-refractivity contribution is 6.08. The molecule has 0 N–H and O–H groups in total. The average molecular weight is 653 g/mol. The van der Waals surface area contributed by atoms with E-state index >= 15 is 0 Å². The van der Waals surface area contributed by atoms with Crippen LogP contribution in [0.5, 0.6) is 11.5 Å². The number of rotatable bonds is 3. The Labute approximate surface area is 294 Å². The Kier molecular flexibility index (Phi) is 5.84. The Morgan fingerprint density at radius 2 is 1.00 bits per heavy atom. The van der Waals surface area contributed by atoms with E-state index in [0.717, 1.165) is 72.6 Å². The van der Waals surface area contributed by atoms with Crippen molar-refractivity contribution < 1.29 is 9.15 Å². The first-order valence-corrected chi connectivity index (χ1v) is 17.2. The first-order chi connectivity index (χ1) is 25.3. The molecule has 7 aromatic carbocycles. The van der Waals surface area contributed by atoms with Gasteiger partial charge in [-0.3, -0.25) is 0 Å². The van der Waals surface area contributed by atoms with E-state index in [1.54, 1.807) is 0 Å². The molecule has 2 aromatic heterocycles. The van der Waals surface area contributed by atoms with Crippen molar-refractivity contribution >= 4 is 21.9 Å². The third kappa shape index (κ3) is 4.02. The molecule has 4 nitrogen and oxygen atoms in total. The van der Waals surface area contributed by atoms with Gasteiger partial charge in [0.25, 0.3) is 0 Å². The van der Waals surface area contributed by atoms with Gasteiger partial charge in [-0.15, -0.1) is 0 Å². The minimum absolute atomic E-state index is 0.656. The van der Waals surface area contributed by atoms with E-state index in [1.165, 1.54) is 22.3 Å². The highest BCUT2D eigenvalue weighted by Gasteiger charge is 2.51. The molecule has 4 heteroatoms. The quantitative estimate of drug-likeness (QED) is 0.191. The van der Waals surface area contributed by atoms with Crippen molar-refractivity contribution in [2.24, 2.45) is 0 Å². The molecule has 1 aliphatic heterocycles. The lowest BCUT2D eigenvalue weighted by atomic mass is 9.66. The summed E-state index contributed by atoms with van der Waals surface area (Å²) in [5, 5.41) is 2.23. The van der Waals surface area contributed by atoms with Gasteiger partial charge in [0, 0.05) is 38.6 Å². The van der Waals surface area contributed by atoms with Gasteiger partial charge in [-0.2, -0.15) is 0 Å². The van der Waals surface area contributed by atoms with Crippen molar-refractivity contribution in [3.8, 4) is 56.5 Å². The van der Waals surface area contributed by atoms with Crippen LogP contribution in [0, 0.1) is 0 Å². The number of benzene rings is 7. The van der Waals surface area contributed by atoms with Crippen molar-refractivity contribution in [2.75, 3.05) is 0 Å². The van der Waals surface area contributed by atoms with E-state index < -0.39 is 5.41 Å². The Hall–Kier alpha value is -6.78. The SMILES string of the molecule is c1ccc(-c2cc(-c3ccc4c(c3)C3(c5ccccc5Oc5ccccc53)c3cc5oc6ccccc6c5cc3-4)nc(-c3ccccc3)n2)cc1. The van der Waals surface area contributed by atoms with Gasteiger partial charge in [-0.05, 0) is 64.7 Å². The number of hydrogen-bond donors (Lipinski definition) is 0. The minimum atomic E-state index is -0.656. The van der Waals surface area contributed by atoms with Crippen molar-refractivity contribution in [3.05, 3.63) is 192 Å². The maximum atomic E-state index is 6.63. The van der Waals surface area contributed by atoms with Crippen molar-refractivity contribution in [2.45, 2.75) is 5.41 Å². The molecule has 0 atom stereocenters. The fraction of sp³-hybridized carbons (Fsp3) is 0.0213. The molecule has 0 saturated carbocycles. The Bertz CT molecular complexity index is 2730. The van der Waals surface area contributed by atoms with E-state index in [9.17, 15) is 0 Å². The highest BCUT2D eigenvalue weighted by Crippen LogP contribution is 2.63. The van der Waals surface area contributed by atoms with Gasteiger partial charge in [-0.25, -0.2) is 9.97 Å². The summed E-state index contributed by atoms with van der Waals surface area (Å²) >= 11 is 0. The summed E-state index contributed by atoms with van der Waals surface area (Å²) in [6.07, 6.45) is 0. The first-order valence-electron chi connectivity index (χ1n) is 17.2. The molecule has 0 radical (unpaired) electrons. The predicted octanol–water partition coefficient (Wildman–Crippen LogP) is 11.8. The standard InChI is InChI=1S/C47H28N2O2/c1-3-13-29(14-4-1)40-28-41(49-46(48-40)30-15-5-2-6-16-30)31-23-24-32-34-26-35-33-17-7-10-20-42(33)50-45(35)27-39(34)47(38(32)25-31)36-18-8-11-21-43(36)51-44-22-12-9-19-37(44)47/h1-28H. The van der Waals surface area contributed by atoms with Gasteiger partial charge in [0.05, 0.1) is 16.8 Å².